The van der Waals surface area contributed by atoms with E-state index in [-0.39, 0.29) is 0 Å². The van der Waals surface area contributed by atoms with Gasteiger partial charge in [-0.05, 0) is 6.07 Å². The number of aromatic nitrogens is 3. The van der Waals surface area contributed by atoms with Crippen molar-refractivity contribution in [3.8, 4) is 17.1 Å². The lowest BCUT2D eigenvalue weighted by Crippen LogP contribution is -2.34. The Morgan fingerprint density at radius 1 is 1.11 bits per heavy atom. The maximum atomic E-state index is 12.6. The largest absolute Gasteiger partial charge is 0.427 e. The van der Waals surface area contributed by atoms with Crippen molar-refractivity contribution in [3.63, 3.8) is 0 Å². The lowest BCUT2D eigenvalue weighted by Gasteiger charge is -2.29. The highest BCUT2D eigenvalue weighted by molar-refractivity contribution is 5.60. The van der Waals surface area contributed by atoms with Crippen molar-refractivity contribution >= 4 is 11.4 Å². The van der Waals surface area contributed by atoms with Crippen molar-refractivity contribution in [1.82, 2.24) is 14.8 Å². The first-order valence-corrected chi connectivity index (χ1v) is 8.48. The number of nitrogens with zero attached hydrogens (tertiary/aromatic N) is 5. The lowest BCUT2D eigenvalue weighted by atomic mass is 10.2. The fourth-order valence-corrected chi connectivity index (χ4v) is 3.22. The van der Waals surface area contributed by atoms with Gasteiger partial charge in [0.2, 0.25) is 5.75 Å². The van der Waals surface area contributed by atoms with Crippen LogP contribution in [-0.4, -0.2) is 32.8 Å². The summed E-state index contributed by atoms with van der Waals surface area (Å²) in [4.78, 5) is 12.2. The molecular weight excluding hydrogens is 372 g/mol. The minimum atomic E-state index is -3.15. The van der Waals surface area contributed by atoms with Gasteiger partial charge in [0.15, 0.2) is 11.6 Å². The van der Waals surface area contributed by atoms with E-state index < -0.39 is 23.0 Å². The highest BCUT2D eigenvalue weighted by Gasteiger charge is 2.25. The van der Waals surface area contributed by atoms with Crippen LogP contribution in [0.1, 0.15) is 5.82 Å². The quantitative estimate of drug-likeness (QED) is 0.492. The van der Waals surface area contributed by atoms with Crippen LogP contribution in [0.2, 0.25) is 0 Å². The van der Waals surface area contributed by atoms with Gasteiger partial charge >= 0.3 is 12.3 Å². The minimum absolute atomic E-state index is 0.395. The van der Waals surface area contributed by atoms with Crippen molar-refractivity contribution in [2.24, 2.45) is 0 Å². The van der Waals surface area contributed by atoms with Gasteiger partial charge in [0, 0.05) is 36.5 Å². The van der Waals surface area contributed by atoms with E-state index in [4.69, 9.17) is 0 Å². The van der Waals surface area contributed by atoms with E-state index in [9.17, 15) is 18.9 Å². The van der Waals surface area contributed by atoms with Crippen LogP contribution in [0.4, 0.5) is 20.2 Å². The Labute approximate surface area is 158 Å². The number of hydrogen-bond donors (Lipinski definition) is 0. The molecule has 0 amide bonds. The summed E-state index contributed by atoms with van der Waals surface area (Å²) in [5, 5.41) is 19.5. The lowest BCUT2D eigenvalue weighted by molar-refractivity contribution is -0.386. The first-order valence-electron chi connectivity index (χ1n) is 8.48. The van der Waals surface area contributed by atoms with Gasteiger partial charge in [-0.1, -0.05) is 30.3 Å². The predicted octanol–water partition coefficient (Wildman–Crippen LogP) is 3.47. The predicted molar refractivity (Wildman–Crippen MR) is 96.2 cm³/mol. The second-order valence-corrected chi connectivity index (χ2v) is 6.17. The minimum Gasteiger partial charge on any atom is -0.427 e. The summed E-state index contributed by atoms with van der Waals surface area (Å²) in [6, 6.07) is 13.6. The number of nitro groups is 1. The molecule has 0 fully saturated rings. The molecule has 0 unspecified atom stereocenters. The van der Waals surface area contributed by atoms with Crippen LogP contribution in [0, 0.1) is 10.1 Å². The molecule has 0 saturated heterocycles. The fraction of sp³-hybridized carbons (Fsp3) is 0.222. The second-order valence-electron chi connectivity index (χ2n) is 6.17. The number of hydrogen-bond acceptors (Lipinski definition) is 6. The molecule has 0 N–H and O–H groups in total. The van der Waals surface area contributed by atoms with E-state index in [0.29, 0.717) is 25.3 Å². The maximum absolute atomic E-state index is 12.6. The molecule has 1 aliphatic heterocycles. The van der Waals surface area contributed by atoms with Crippen LogP contribution < -0.4 is 9.64 Å². The third kappa shape index (κ3) is 3.36. The molecule has 144 valence electrons. The Hall–Kier alpha value is -3.56. The number of benzene rings is 2. The molecule has 2 aromatic carbocycles. The smallest absolute Gasteiger partial charge is 0.387 e. The van der Waals surface area contributed by atoms with Crippen molar-refractivity contribution in [2.75, 3.05) is 11.4 Å². The topological polar surface area (TPSA) is 86.3 Å². The van der Waals surface area contributed by atoms with Crippen molar-refractivity contribution in [3.05, 3.63) is 64.5 Å². The molecule has 3 aromatic rings. The van der Waals surface area contributed by atoms with E-state index >= 15 is 0 Å². The molecule has 2 heterocycles. The van der Waals surface area contributed by atoms with Crippen LogP contribution in [0.25, 0.3) is 11.4 Å². The standard InChI is InChI=1S/C18H15F2N5O3/c19-18(20)28-15-10-13(6-7-14(15)25(26)27)23-8-9-24-16(11-23)21-22-17(24)12-4-2-1-3-5-12/h1-7,10,18H,8-9,11H2. The molecule has 0 radical (unpaired) electrons. The number of fused-ring (bicyclic) bond motifs is 1. The average Bonchev–Trinajstić information content (AvgIpc) is 3.11. The summed E-state index contributed by atoms with van der Waals surface area (Å²) >= 11 is 0. The Morgan fingerprint density at radius 3 is 2.61 bits per heavy atom. The van der Waals surface area contributed by atoms with E-state index in [1.165, 1.54) is 18.2 Å². The van der Waals surface area contributed by atoms with Crippen LogP contribution in [0.15, 0.2) is 48.5 Å². The Balaban J connectivity index is 1.61. The molecule has 0 spiro atoms. The van der Waals surface area contributed by atoms with Gasteiger partial charge in [0.05, 0.1) is 11.5 Å². The van der Waals surface area contributed by atoms with Crippen LogP contribution in [0.3, 0.4) is 0 Å². The van der Waals surface area contributed by atoms with Gasteiger partial charge < -0.3 is 14.2 Å². The van der Waals surface area contributed by atoms with Crippen LogP contribution >= 0.6 is 0 Å². The van der Waals surface area contributed by atoms with Gasteiger partial charge in [-0.3, -0.25) is 10.1 Å². The Bertz CT molecular complexity index is 1010. The molecule has 28 heavy (non-hydrogen) atoms. The summed E-state index contributed by atoms with van der Waals surface area (Å²) in [5.74, 6) is 1.02. The molecule has 0 atom stereocenters. The number of anilines is 1. The van der Waals surface area contributed by atoms with Gasteiger partial charge in [-0.25, -0.2) is 0 Å². The maximum Gasteiger partial charge on any atom is 0.387 e. The Kier molecular flexibility index (Phi) is 4.60. The molecule has 1 aromatic heterocycles. The molecule has 1 aliphatic rings. The summed E-state index contributed by atoms with van der Waals surface area (Å²) < 4.78 is 31.6. The fourth-order valence-electron chi connectivity index (χ4n) is 3.22. The zero-order valence-corrected chi connectivity index (χ0v) is 14.5. The molecule has 10 heteroatoms. The summed E-state index contributed by atoms with van der Waals surface area (Å²) in [6.07, 6.45) is 0. The van der Waals surface area contributed by atoms with Crippen molar-refractivity contribution in [1.29, 1.82) is 0 Å². The highest BCUT2D eigenvalue weighted by Crippen LogP contribution is 2.34. The zero-order valence-electron chi connectivity index (χ0n) is 14.5. The number of halogens is 2. The van der Waals surface area contributed by atoms with Gasteiger partial charge in [-0.2, -0.15) is 8.78 Å². The zero-order chi connectivity index (χ0) is 19.7. The van der Waals surface area contributed by atoms with Gasteiger partial charge in [0.1, 0.15) is 0 Å². The number of nitro benzene ring substituents is 1. The number of rotatable bonds is 5. The third-order valence-corrected chi connectivity index (χ3v) is 4.51. The number of ether oxygens (including phenoxy) is 1. The van der Waals surface area contributed by atoms with Gasteiger partial charge in [-0.15, -0.1) is 10.2 Å². The average molecular weight is 387 g/mol. The van der Waals surface area contributed by atoms with Crippen molar-refractivity contribution in [2.45, 2.75) is 19.7 Å². The van der Waals surface area contributed by atoms with Crippen LogP contribution in [-0.2, 0) is 13.1 Å². The monoisotopic (exact) mass is 387 g/mol. The third-order valence-electron chi connectivity index (χ3n) is 4.51. The summed E-state index contributed by atoms with van der Waals surface area (Å²) in [7, 11) is 0. The number of alkyl halides is 2. The SMILES string of the molecule is O=[N+]([O-])c1ccc(N2CCn3c(nnc3-c3ccccc3)C2)cc1OC(F)F. The Morgan fingerprint density at radius 2 is 1.89 bits per heavy atom. The molecule has 8 nitrogen and oxygen atoms in total. The molecular formula is C18H15F2N5O3. The molecule has 0 aliphatic carbocycles. The van der Waals surface area contributed by atoms with E-state index in [1.54, 1.807) is 0 Å². The van der Waals surface area contributed by atoms with Crippen LogP contribution in [0.5, 0.6) is 5.75 Å². The van der Waals surface area contributed by atoms with Gasteiger partial charge in [0.25, 0.3) is 0 Å². The molecule has 0 bridgehead atoms. The first-order chi connectivity index (χ1) is 13.5. The summed E-state index contributed by atoms with van der Waals surface area (Å²) in [6.45, 7) is -1.59. The molecule has 0 saturated carbocycles. The second kappa shape index (κ2) is 7.22. The molecule has 4 rings (SSSR count). The van der Waals surface area contributed by atoms with Crippen molar-refractivity contribution < 1.29 is 18.4 Å². The highest BCUT2D eigenvalue weighted by atomic mass is 19.3. The summed E-state index contributed by atoms with van der Waals surface area (Å²) in [5.41, 5.74) is 0.991. The first kappa shape index (κ1) is 17.8. The van der Waals surface area contributed by atoms with E-state index in [1.807, 2.05) is 39.8 Å². The normalized spacial score (nSPS) is 13.5. The van der Waals surface area contributed by atoms with E-state index in [2.05, 4.69) is 14.9 Å². The van der Waals surface area contributed by atoms with E-state index in [0.717, 1.165) is 17.2 Å².